The molecule has 0 amide bonds. The number of nitrogens with one attached hydrogen (secondary N) is 1. The van der Waals surface area contributed by atoms with Gasteiger partial charge in [0.25, 0.3) is 0 Å². The molecule has 6 heteroatoms. The molecule has 0 saturated carbocycles. The van der Waals surface area contributed by atoms with Crippen LogP contribution in [0, 0.1) is 0 Å². The van der Waals surface area contributed by atoms with E-state index in [1.54, 1.807) is 6.92 Å². The van der Waals surface area contributed by atoms with Crippen molar-refractivity contribution in [2.45, 2.75) is 25.2 Å². The van der Waals surface area contributed by atoms with Gasteiger partial charge < -0.3 is 4.74 Å². The van der Waals surface area contributed by atoms with E-state index in [2.05, 4.69) is 5.43 Å². The molecule has 17 heavy (non-hydrogen) atoms. The summed E-state index contributed by atoms with van der Waals surface area (Å²) in [6.07, 6.45) is -4.87. The van der Waals surface area contributed by atoms with E-state index >= 15 is 0 Å². The minimum absolute atomic E-state index is 0.0804. The van der Waals surface area contributed by atoms with E-state index < -0.39 is 23.9 Å². The van der Waals surface area contributed by atoms with Gasteiger partial charge in [-0.1, -0.05) is 18.2 Å². The fourth-order valence-electron chi connectivity index (χ4n) is 1.64. The molecule has 0 aromatic heterocycles. The first-order valence-electron chi connectivity index (χ1n) is 5.06. The van der Waals surface area contributed by atoms with Crippen molar-refractivity contribution >= 4 is 0 Å². The summed E-state index contributed by atoms with van der Waals surface area (Å²) in [5, 5.41) is 0. The van der Waals surface area contributed by atoms with Crippen LogP contribution in [-0.2, 0) is 10.9 Å². The first kappa shape index (κ1) is 14.0. The summed E-state index contributed by atoms with van der Waals surface area (Å²) in [5.74, 6) is 5.30. The quantitative estimate of drug-likeness (QED) is 0.634. The molecule has 2 unspecified atom stereocenters. The third-order valence-corrected chi connectivity index (χ3v) is 2.62. The van der Waals surface area contributed by atoms with Crippen molar-refractivity contribution in [2.24, 2.45) is 5.84 Å². The third kappa shape index (κ3) is 3.18. The number of hydrogen-bond acceptors (Lipinski definition) is 3. The molecule has 0 aliphatic carbocycles. The molecule has 0 bridgehead atoms. The Bertz CT molecular complexity index is 368. The fraction of sp³-hybridized carbons (Fsp3) is 0.455. The van der Waals surface area contributed by atoms with Gasteiger partial charge in [0, 0.05) is 7.11 Å². The van der Waals surface area contributed by atoms with E-state index in [-0.39, 0.29) is 5.56 Å². The number of rotatable bonds is 4. The molecule has 1 aromatic rings. The highest BCUT2D eigenvalue weighted by Gasteiger charge is 2.35. The zero-order valence-corrected chi connectivity index (χ0v) is 9.58. The maximum Gasteiger partial charge on any atom is 0.416 e. The van der Waals surface area contributed by atoms with Gasteiger partial charge in [-0.2, -0.15) is 13.2 Å². The smallest absolute Gasteiger partial charge is 0.380 e. The average Bonchev–Trinajstić information content (AvgIpc) is 2.29. The summed E-state index contributed by atoms with van der Waals surface area (Å²) in [4.78, 5) is 0. The van der Waals surface area contributed by atoms with Crippen molar-refractivity contribution in [3.63, 3.8) is 0 Å². The molecular formula is C11H15F3N2O. The van der Waals surface area contributed by atoms with Crippen LogP contribution in [0.1, 0.15) is 24.1 Å². The number of benzene rings is 1. The number of ether oxygens (including phenoxy) is 1. The maximum atomic E-state index is 12.8. The molecule has 0 spiro atoms. The molecule has 0 aliphatic heterocycles. The highest BCUT2D eigenvalue weighted by molar-refractivity contribution is 5.33. The Morgan fingerprint density at radius 2 is 1.88 bits per heavy atom. The summed E-state index contributed by atoms with van der Waals surface area (Å²) in [5.41, 5.74) is 1.73. The van der Waals surface area contributed by atoms with E-state index in [0.717, 1.165) is 6.07 Å². The van der Waals surface area contributed by atoms with Crippen LogP contribution in [0.25, 0.3) is 0 Å². The zero-order chi connectivity index (χ0) is 13.1. The molecule has 1 rings (SSSR count). The van der Waals surface area contributed by atoms with Gasteiger partial charge in [0.15, 0.2) is 0 Å². The Balaban J connectivity index is 3.20. The van der Waals surface area contributed by atoms with E-state index in [9.17, 15) is 13.2 Å². The van der Waals surface area contributed by atoms with Crippen molar-refractivity contribution in [3.05, 3.63) is 35.4 Å². The lowest BCUT2D eigenvalue weighted by atomic mass is 9.97. The van der Waals surface area contributed by atoms with Crippen LogP contribution >= 0.6 is 0 Å². The van der Waals surface area contributed by atoms with Crippen LogP contribution in [-0.4, -0.2) is 13.2 Å². The van der Waals surface area contributed by atoms with Crippen LogP contribution in [0.2, 0.25) is 0 Å². The molecule has 0 heterocycles. The van der Waals surface area contributed by atoms with Gasteiger partial charge in [-0.25, -0.2) is 0 Å². The van der Waals surface area contributed by atoms with E-state index in [4.69, 9.17) is 10.6 Å². The van der Waals surface area contributed by atoms with E-state index in [1.807, 2.05) is 0 Å². The Labute approximate surface area is 97.7 Å². The van der Waals surface area contributed by atoms with Gasteiger partial charge >= 0.3 is 6.18 Å². The Kier molecular flexibility index (Phi) is 4.50. The number of nitrogens with two attached hydrogens (primary N) is 1. The van der Waals surface area contributed by atoms with Gasteiger partial charge in [-0.05, 0) is 18.6 Å². The second-order valence-electron chi connectivity index (χ2n) is 3.67. The van der Waals surface area contributed by atoms with E-state index in [1.165, 1.54) is 25.3 Å². The Morgan fingerprint density at radius 1 is 1.29 bits per heavy atom. The van der Waals surface area contributed by atoms with Crippen LogP contribution in [0.3, 0.4) is 0 Å². The van der Waals surface area contributed by atoms with Gasteiger partial charge in [0.1, 0.15) is 0 Å². The second kappa shape index (κ2) is 5.48. The summed E-state index contributed by atoms with van der Waals surface area (Å²) >= 11 is 0. The van der Waals surface area contributed by atoms with Gasteiger partial charge in [-0.3, -0.25) is 11.3 Å². The highest BCUT2D eigenvalue weighted by Crippen LogP contribution is 2.35. The van der Waals surface area contributed by atoms with Crippen LogP contribution in [0.4, 0.5) is 13.2 Å². The largest absolute Gasteiger partial charge is 0.416 e. The SMILES string of the molecule is COC(C)C(NN)c1ccccc1C(F)(F)F. The van der Waals surface area contributed by atoms with Crippen molar-refractivity contribution in [1.29, 1.82) is 0 Å². The molecule has 2 atom stereocenters. The first-order valence-corrected chi connectivity index (χ1v) is 5.06. The first-order chi connectivity index (χ1) is 7.91. The molecule has 1 aromatic carbocycles. The van der Waals surface area contributed by atoms with E-state index in [0.29, 0.717) is 0 Å². The molecule has 0 radical (unpaired) electrons. The molecule has 96 valence electrons. The lowest BCUT2D eigenvalue weighted by Crippen LogP contribution is -2.37. The third-order valence-electron chi connectivity index (χ3n) is 2.62. The summed E-state index contributed by atoms with van der Waals surface area (Å²) < 4.78 is 43.4. The molecule has 0 aliphatic rings. The molecule has 3 N–H and O–H groups in total. The standard InChI is InChI=1S/C11H15F3N2O/c1-7(17-2)10(16-15)8-5-3-4-6-9(8)11(12,13)14/h3-7,10,16H,15H2,1-2H3. The predicted octanol–water partition coefficient (Wildman–Crippen LogP) is 2.24. The molecule has 0 fully saturated rings. The summed E-state index contributed by atoms with van der Waals surface area (Å²) in [6, 6.07) is 4.59. The van der Waals surface area contributed by atoms with Crippen LogP contribution in [0.15, 0.2) is 24.3 Å². The van der Waals surface area contributed by atoms with Crippen LogP contribution < -0.4 is 11.3 Å². The maximum absolute atomic E-state index is 12.8. The zero-order valence-electron chi connectivity index (χ0n) is 9.58. The number of alkyl halides is 3. The van der Waals surface area contributed by atoms with Gasteiger partial charge in [-0.15, -0.1) is 0 Å². The Morgan fingerprint density at radius 3 is 2.35 bits per heavy atom. The van der Waals surface area contributed by atoms with Crippen molar-refractivity contribution in [1.82, 2.24) is 5.43 Å². The van der Waals surface area contributed by atoms with Gasteiger partial charge in [0.2, 0.25) is 0 Å². The number of halogens is 3. The fourth-order valence-corrected chi connectivity index (χ4v) is 1.64. The normalized spacial score (nSPS) is 15.6. The lowest BCUT2D eigenvalue weighted by molar-refractivity contribution is -0.138. The monoisotopic (exact) mass is 248 g/mol. The summed E-state index contributed by atoms with van der Waals surface area (Å²) in [6.45, 7) is 1.65. The van der Waals surface area contributed by atoms with Crippen molar-refractivity contribution < 1.29 is 17.9 Å². The minimum Gasteiger partial charge on any atom is -0.380 e. The lowest BCUT2D eigenvalue weighted by Gasteiger charge is -2.25. The minimum atomic E-state index is -4.40. The van der Waals surface area contributed by atoms with Crippen molar-refractivity contribution in [3.8, 4) is 0 Å². The predicted molar refractivity (Wildman–Crippen MR) is 58.0 cm³/mol. The summed E-state index contributed by atoms with van der Waals surface area (Å²) in [7, 11) is 1.42. The number of hydrogen-bond donors (Lipinski definition) is 2. The highest BCUT2D eigenvalue weighted by atomic mass is 19.4. The topological polar surface area (TPSA) is 47.3 Å². The average molecular weight is 248 g/mol. The van der Waals surface area contributed by atoms with Crippen molar-refractivity contribution in [2.75, 3.05) is 7.11 Å². The van der Waals surface area contributed by atoms with Crippen LogP contribution in [0.5, 0.6) is 0 Å². The molecule has 0 saturated heterocycles. The number of hydrazine groups is 1. The second-order valence-corrected chi connectivity index (χ2v) is 3.67. The Hall–Kier alpha value is -1.11. The van der Waals surface area contributed by atoms with Gasteiger partial charge in [0.05, 0.1) is 17.7 Å². The molecular weight excluding hydrogens is 233 g/mol. The molecule has 3 nitrogen and oxygen atoms in total. The number of methoxy groups -OCH3 is 1.